The summed E-state index contributed by atoms with van der Waals surface area (Å²) in [5.41, 5.74) is 2.68. The lowest BCUT2D eigenvalue weighted by molar-refractivity contribution is -0.104. The van der Waals surface area contributed by atoms with Crippen molar-refractivity contribution in [3.8, 4) is 11.8 Å². The number of carbonyl (C=O) groups is 1. The Labute approximate surface area is 125 Å². The van der Waals surface area contributed by atoms with Crippen molar-refractivity contribution in [1.29, 1.82) is 0 Å². The number of benzene rings is 2. The van der Waals surface area contributed by atoms with Gasteiger partial charge in [-0.05, 0) is 23.8 Å². The van der Waals surface area contributed by atoms with E-state index in [1.807, 2.05) is 60.7 Å². The van der Waals surface area contributed by atoms with Crippen LogP contribution >= 0.6 is 0 Å². The molecule has 0 aliphatic heterocycles. The molecule has 104 valence electrons. The molecule has 0 atom stereocenters. The zero-order chi connectivity index (χ0) is 14.8. The summed E-state index contributed by atoms with van der Waals surface area (Å²) in [6.45, 7) is 0.831. The normalized spacial score (nSPS) is 10.6. The molecule has 2 aromatic carbocycles. The summed E-state index contributed by atoms with van der Waals surface area (Å²) in [7, 11) is 0. The molecule has 2 rings (SSSR count). The molecule has 0 fully saturated rings. The molecule has 0 aromatic heterocycles. The molecule has 2 heteroatoms. The van der Waals surface area contributed by atoms with Gasteiger partial charge in [0.15, 0.2) is 0 Å². The lowest BCUT2D eigenvalue weighted by Crippen LogP contribution is -1.98. The second-order valence-corrected chi connectivity index (χ2v) is 4.42. The van der Waals surface area contributed by atoms with E-state index < -0.39 is 0 Å². The van der Waals surface area contributed by atoms with Gasteiger partial charge in [-0.1, -0.05) is 60.4 Å². The van der Waals surface area contributed by atoms with Crippen molar-refractivity contribution >= 4 is 6.29 Å². The Kier molecular flexibility index (Phi) is 6.00. The van der Waals surface area contributed by atoms with Gasteiger partial charge in [0.2, 0.25) is 0 Å². The van der Waals surface area contributed by atoms with E-state index in [2.05, 4.69) is 11.8 Å². The highest BCUT2D eigenvalue weighted by atomic mass is 16.5. The standard InChI is InChI=1S/C19H16O2/c20-14-13-19(12-11-17-7-3-1-4-8-17)16-21-15-18-9-5-2-6-10-18/h1-10,13-14H,15-16H2/b19-13+. The van der Waals surface area contributed by atoms with Crippen LogP contribution in [0.5, 0.6) is 0 Å². The highest BCUT2D eigenvalue weighted by Gasteiger charge is 1.95. The van der Waals surface area contributed by atoms with Crippen molar-refractivity contribution in [2.24, 2.45) is 0 Å². The minimum absolute atomic E-state index is 0.327. The van der Waals surface area contributed by atoms with Crippen molar-refractivity contribution in [3.63, 3.8) is 0 Å². The lowest BCUT2D eigenvalue weighted by atomic mass is 10.2. The van der Waals surface area contributed by atoms with E-state index in [1.165, 1.54) is 6.08 Å². The third-order valence-electron chi connectivity index (χ3n) is 2.78. The van der Waals surface area contributed by atoms with E-state index >= 15 is 0 Å². The first kappa shape index (κ1) is 14.8. The average molecular weight is 276 g/mol. The molecule has 0 heterocycles. The Morgan fingerprint density at radius 3 is 2.33 bits per heavy atom. The summed E-state index contributed by atoms with van der Waals surface area (Å²) in [5.74, 6) is 6.00. The Hall–Kier alpha value is -2.63. The van der Waals surface area contributed by atoms with Crippen LogP contribution in [-0.4, -0.2) is 12.9 Å². The van der Waals surface area contributed by atoms with Gasteiger partial charge >= 0.3 is 0 Å². The smallest absolute Gasteiger partial charge is 0.143 e. The van der Waals surface area contributed by atoms with E-state index in [9.17, 15) is 4.79 Å². The number of allylic oxidation sites excluding steroid dienone is 1. The SMILES string of the molecule is O=C/C=C(\C#Cc1ccccc1)COCc1ccccc1. The third kappa shape index (κ3) is 5.48. The third-order valence-corrected chi connectivity index (χ3v) is 2.78. The molecule has 0 radical (unpaired) electrons. The van der Waals surface area contributed by atoms with Gasteiger partial charge in [-0.3, -0.25) is 4.79 Å². The topological polar surface area (TPSA) is 26.3 Å². The fourth-order valence-corrected chi connectivity index (χ4v) is 1.74. The van der Waals surface area contributed by atoms with E-state index in [1.54, 1.807) is 0 Å². The number of carbonyl (C=O) groups excluding carboxylic acids is 1. The highest BCUT2D eigenvalue weighted by molar-refractivity contribution is 5.68. The summed E-state index contributed by atoms with van der Waals surface area (Å²) >= 11 is 0. The summed E-state index contributed by atoms with van der Waals surface area (Å²) in [4.78, 5) is 10.7. The highest BCUT2D eigenvalue weighted by Crippen LogP contribution is 2.03. The molecule has 0 saturated carbocycles. The molecular weight excluding hydrogens is 260 g/mol. The van der Waals surface area contributed by atoms with Crippen LogP contribution in [0.15, 0.2) is 72.3 Å². The molecule has 0 saturated heterocycles. The van der Waals surface area contributed by atoms with Crippen LogP contribution in [0.25, 0.3) is 0 Å². The van der Waals surface area contributed by atoms with Crippen molar-refractivity contribution in [1.82, 2.24) is 0 Å². The van der Waals surface area contributed by atoms with Gasteiger partial charge < -0.3 is 4.74 Å². The molecular formula is C19H16O2. The van der Waals surface area contributed by atoms with E-state index in [-0.39, 0.29) is 0 Å². The summed E-state index contributed by atoms with van der Waals surface area (Å²) in [6, 6.07) is 19.6. The maximum Gasteiger partial charge on any atom is 0.143 e. The fraction of sp³-hybridized carbons (Fsp3) is 0.105. The monoisotopic (exact) mass is 276 g/mol. The van der Waals surface area contributed by atoms with Crippen LogP contribution in [0.3, 0.4) is 0 Å². The largest absolute Gasteiger partial charge is 0.371 e. The number of ether oxygens (including phenoxy) is 1. The first-order valence-electron chi connectivity index (χ1n) is 6.71. The summed E-state index contributed by atoms with van der Waals surface area (Å²) < 4.78 is 5.59. The Morgan fingerprint density at radius 1 is 1.00 bits per heavy atom. The van der Waals surface area contributed by atoms with Crippen LogP contribution in [0, 0.1) is 11.8 Å². The van der Waals surface area contributed by atoms with Gasteiger partial charge in [0.25, 0.3) is 0 Å². The second kappa shape index (κ2) is 8.52. The molecule has 21 heavy (non-hydrogen) atoms. The predicted molar refractivity (Wildman–Crippen MR) is 83.6 cm³/mol. The van der Waals surface area contributed by atoms with E-state index in [0.717, 1.165) is 17.4 Å². The molecule has 0 aliphatic carbocycles. The number of aldehydes is 1. The van der Waals surface area contributed by atoms with Crippen LogP contribution in [0.2, 0.25) is 0 Å². The quantitative estimate of drug-likeness (QED) is 0.475. The molecule has 0 N–H and O–H groups in total. The lowest BCUT2D eigenvalue weighted by Gasteiger charge is -2.03. The van der Waals surface area contributed by atoms with Gasteiger partial charge in [-0.2, -0.15) is 0 Å². The minimum Gasteiger partial charge on any atom is -0.371 e. The fourth-order valence-electron chi connectivity index (χ4n) is 1.74. The maximum absolute atomic E-state index is 10.7. The van der Waals surface area contributed by atoms with Crippen molar-refractivity contribution in [2.75, 3.05) is 6.61 Å². The first-order chi connectivity index (χ1) is 10.4. The molecule has 2 aromatic rings. The van der Waals surface area contributed by atoms with E-state index in [0.29, 0.717) is 18.8 Å². The van der Waals surface area contributed by atoms with Crippen molar-refractivity contribution in [3.05, 3.63) is 83.4 Å². The number of hydrogen-bond donors (Lipinski definition) is 0. The predicted octanol–water partition coefficient (Wildman–Crippen LogP) is 3.38. The maximum atomic E-state index is 10.7. The Morgan fingerprint density at radius 2 is 1.67 bits per heavy atom. The Balaban J connectivity index is 1.93. The number of hydrogen-bond acceptors (Lipinski definition) is 2. The van der Waals surface area contributed by atoms with Gasteiger partial charge in [-0.15, -0.1) is 0 Å². The first-order valence-corrected chi connectivity index (χ1v) is 6.71. The zero-order valence-electron chi connectivity index (χ0n) is 11.7. The van der Waals surface area contributed by atoms with Crippen LogP contribution in [0.4, 0.5) is 0 Å². The molecule has 0 aliphatic rings. The van der Waals surface area contributed by atoms with E-state index in [4.69, 9.17) is 4.74 Å². The molecule has 0 spiro atoms. The molecule has 0 amide bonds. The van der Waals surface area contributed by atoms with Crippen LogP contribution < -0.4 is 0 Å². The van der Waals surface area contributed by atoms with Crippen LogP contribution in [0.1, 0.15) is 11.1 Å². The van der Waals surface area contributed by atoms with Gasteiger partial charge in [-0.25, -0.2) is 0 Å². The van der Waals surface area contributed by atoms with Gasteiger partial charge in [0.1, 0.15) is 6.29 Å². The summed E-state index contributed by atoms with van der Waals surface area (Å²) in [6.07, 6.45) is 2.18. The van der Waals surface area contributed by atoms with Crippen molar-refractivity contribution < 1.29 is 9.53 Å². The van der Waals surface area contributed by atoms with Crippen molar-refractivity contribution in [2.45, 2.75) is 6.61 Å². The summed E-state index contributed by atoms with van der Waals surface area (Å²) in [5, 5.41) is 0. The average Bonchev–Trinajstić information content (AvgIpc) is 2.54. The molecule has 0 unspecified atom stereocenters. The zero-order valence-corrected chi connectivity index (χ0v) is 11.7. The Bertz CT molecular complexity index is 646. The minimum atomic E-state index is 0.327. The van der Waals surface area contributed by atoms with Gasteiger partial charge in [0.05, 0.1) is 13.2 Å². The number of rotatable bonds is 5. The van der Waals surface area contributed by atoms with Crippen LogP contribution in [-0.2, 0) is 16.1 Å². The second-order valence-electron chi connectivity index (χ2n) is 4.42. The molecule has 0 bridgehead atoms. The molecule has 2 nitrogen and oxygen atoms in total. The van der Waals surface area contributed by atoms with Gasteiger partial charge in [0, 0.05) is 11.1 Å².